The summed E-state index contributed by atoms with van der Waals surface area (Å²) in [6, 6.07) is 17.8. The van der Waals surface area contributed by atoms with E-state index < -0.39 is 0 Å². The van der Waals surface area contributed by atoms with Gasteiger partial charge in [0.05, 0.1) is 0 Å². The highest BCUT2D eigenvalue weighted by molar-refractivity contribution is 6.30. The lowest BCUT2D eigenvalue weighted by Gasteiger charge is -2.38. The first kappa shape index (κ1) is 16.7. The molecule has 0 bridgehead atoms. The van der Waals surface area contributed by atoms with Crippen LogP contribution >= 0.6 is 11.6 Å². The number of urea groups is 1. The lowest BCUT2D eigenvalue weighted by atomic mass is 10.2. The summed E-state index contributed by atoms with van der Waals surface area (Å²) in [5.74, 6) is 0. The standard InChI is InChI=1S/C19H22ClN3O/c1-2-23(17-8-4-3-5-9-17)19(24)22-13-11-21(12-14-22)18-10-6-7-16(20)15-18/h3-10,15H,2,11-14H2,1H3. The molecule has 2 amide bonds. The van der Waals surface area contributed by atoms with E-state index in [-0.39, 0.29) is 6.03 Å². The number of halogens is 1. The summed E-state index contributed by atoms with van der Waals surface area (Å²) < 4.78 is 0. The summed E-state index contributed by atoms with van der Waals surface area (Å²) in [6.07, 6.45) is 0. The number of piperazine rings is 1. The van der Waals surface area contributed by atoms with Crippen LogP contribution in [-0.4, -0.2) is 43.7 Å². The molecule has 0 aromatic heterocycles. The largest absolute Gasteiger partial charge is 0.368 e. The van der Waals surface area contributed by atoms with Gasteiger partial charge < -0.3 is 9.80 Å². The Hall–Kier alpha value is -2.20. The van der Waals surface area contributed by atoms with E-state index in [9.17, 15) is 4.79 Å². The van der Waals surface area contributed by atoms with Crippen LogP contribution in [-0.2, 0) is 0 Å². The number of amides is 2. The molecule has 1 aliphatic heterocycles. The molecule has 0 saturated carbocycles. The van der Waals surface area contributed by atoms with Gasteiger partial charge in [-0.25, -0.2) is 4.79 Å². The maximum absolute atomic E-state index is 12.8. The van der Waals surface area contributed by atoms with Gasteiger partial charge in [0, 0.05) is 49.1 Å². The highest BCUT2D eigenvalue weighted by atomic mass is 35.5. The van der Waals surface area contributed by atoms with E-state index in [0.717, 1.165) is 29.5 Å². The summed E-state index contributed by atoms with van der Waals surface area (Å²) >= 11 is 6.07. The molecule has 0 atom stereocenters. The Bertz CT molecular complexity index is 684. The number of rotatable bonds is 3. The third-order valence-corrected chi connectivity index (χ3v) is 4.57. The van der Waals surface area contributed by atoms with E-state index in [1.54, 1.807) is 0 Å². The molecule has 2 aromatic rings. The number of hydrogen-bond donors (Lipinski definition) is 0. The molecule has 0 radical (unpaired) electrons. The molecule has 126 valence electrons. The number of benzene rings is 2. The van der Waals surface area contributed by atoms with Gasteiger partial charge in [0.1, 0.15) is 0 Å². The van der Waals surface area contributed by atoms with Crippen molar-refractivity contribution in [2.24, 2.45) is 0 Å². The van der Waals surface area contributed by atoms with Crippen molar-refractivity contribution in [1.29, 1.82) is 0 Å². The summed E-state index contributed by atoms with van der Waals surface area (Å²) in [5, 5.41) is 0.743. The first-order valence-electron chi connectivity index (χ1n) is 8.31. The molecule has 3 rings (SSSR count). The molecular weight excluding hydrogens is 322 g/mol. The molecule has 0 N–H and O–H groups in total. The van der Waals surface area contributed by atoms with Crippen LogP contribution in [0, 0.1) is 0 Å². The molecule has 1 fully saturated rings. The maximum atomic E-state index is 12.8. The van der Waals surface area contributed by atoms with E-state index in [2.05, 4.69) is 11.0 Å². The molecule has 0 aliphatic carbocycles. The Balaban J connectivity index is 1.64. The first-order chi connectivity index (χ1) is 11.7. The summed E-state index contributed by atoms with van der Waals surface area (Å²) in [6.45, 7) is 5.74. The Morgan fingerprint density at radius 2 is 1.75 bits per heavy atom. The molecular formula is C19H22ClN3O. The topological polar surface area (TPSA) is 26.8 Å². The van der Waals surface area contributed by atoms with Crippen LogP contribution in [0.15, 0.2) is 54.6 Å². The van der Waals surface area contributed by atoms with Gasteiger partial charge in [-0.15, -0.1) is 0 Å². The third-order valence-electron chi connectivity index (χ3n) is 4.34. The summed E-state index contributed by atoms with van der Waals surface area (Å²) in [7, 11) is 0. The van der Waals surface area contributed by atoms with E-state index in [1.807, 2.05) is 65.3 Å². The Labute approximate surface area is 148 Å². The van der Waals surface area contributed by atoms with Crippen LogP contribution in [0.1, 0.15) is 6.92 Å². The third kappa shape index (κ3) is 3.65. The van der Waals surface area contributed by atoms with Gasteiger partial charge in [-0.2, -0.15) is 0 Å². The first-order valence-corrected chi connectivity index (χ1v) is 8.69. The van der Waals surface area contributed by atoms with Gasteiger partial charge in [-0.3, -0.25) is 4.90 Å². The molecule has 1 saturated heterocycles. The Morgan fingerprint density at radius 3 is 2.38 bits per heavy atom. The monoisotopic (exact) mass is 343 g/mol. The van der Waals surface area contributed by atoms with Gasteiger partial charge in [0.15, 0.2) is 0 Å². The molecule has 4 nitrogen and oxygen atoms in total. The van der Waals surface area contributed by atoms with Gasteiger partial charge in [-0.05, 0) is 37.3 Å². The fourth-order valence-electron chi connectivity index (χ4n) is 3.04. The second-order valence-electron chi connectivity index (χ2n) is 5.82. The van der Waals surface area contributed by atoms with E-state index in [1.165, 1.54) is 0 Å². The van der Waals surface area contributed by atoms with Crippen LogP contribution in [0.2, 0.25) is 5.02 Å². The number of hydrogen-bond acceptors (Lipinski definition) is 2. The molecule has 0 unspecified atom stereocenters. The van der Waals surface area contributed by atoms with E-state index in [0.29, 0.717) is 19.6 Å². The van der Waals surface area contributed by atoms with Gasteiger partial charge in [0.25, 0.3) is 0 Å². The van der Waals surface area contributed by atoms with Crippen LogP contribution in [0.25, 0.3) is 0 Å². The van der Waals surface area contributed by atoms with Gasteiger partial charge in [-0.1, -0.05) is 35.9 Å². The molecule has 1 heterocycles. The highest BCUT2D eigenvalue weighted by Gasteiger charge is 2.25. The fourth-order valence-corrected chi connectivity index (χ4v) is 3.22. The van der Waals surface area contributed by atoms with Crippen molar-refractivity contribution in [2.75, 3.05) is 42.5 Å². The van der Waals surface area contributed by atoms with Crippen molar-refractivity contribution in [1.82, 2.24) is 4.90 Å². The molecule has 0 spiro atoms. The number of carbonyl (C=O) groups is 1. The quantitative estimate of drug-likeness (QED) is 0.838. The minimum Gasteiger partial charge on any atom is -0.368 e. The van der Waals surface area contributed by atoms with Crippen molar-refractivity contribution in [3.8, 4) is 0 Å². The van der Waals surface area contributed by atoms with Crippen molar-refractivity contribution < 1.29 is 4.79 Å². The minimum atomic E-state index is 0.0782. The molecule has 2 aromatic carbocycles. The summed E-state index contributed by atoms with van der Waals surface area (Å²) in [5.41, 5.74) is 2.06. The van der Waals surface area contributed by atoms with Crippen molar-refractivity contribution >= 4 is 29.0 Å². The molecule has 24 heavy (non-hydrogen) atoms. The zero-order chi connectivity index (χ0) is 16.9. The van der Waals surface area contributed by atoms with E-state index in [4.69, 9.17) is 11.6 Å². The second-order valence-corrected chi connectivity index (χ2v) is 6.25. The minimum absolute atomic E-state index is 0.0782. The number of carbonyl (C=O) groups excluding carboxylic acids is 1. The Kier molecular flexibility index (Phi) is 5.26. The molecule has 1 aliphatic rings. The number of anilines is 2. The smallest absolute Gasteiger partial charge is 0.324 e. The normalized spacial score (nSPS) is 14.6. The van der Waals surface area contributed by atoms with Crippen molar-refractivity contribution in [3.05, 3.63) is 59.6 Å². The maximum Gasteiger partial charge on any atom is 0.324 e. The van der Waals surface area contributed by atoms with Crippen LogP contribution < -0.4 is 9.80 Å². The van der Waals surface area contributed by atoms with Gasteiger partial charge in [0.2, 0.25) is 0 Å². The fraction of sp³-hybridized carbons (Fsp3) is 0.316. The van der Waals surface area contributed by atoms with Crippen LogP contribution in [0.3, 0.4) is 0 Å². The second kappa shape index (κ2) is 7.58. The van der Waals surface area contributed by atoms with Crippen molar-refractivity contribution in [2.45, 2.75) is 6.92 Å². The zero-order valence-corrected chi connectivity index (χ0v) is 14.6. The average molecular weight is 344 g/mol. The number of nitrogens with zero attached hydrogens (tertiary/aromatic N) is 3. The predicted molar refractivity (Wildman–Crippen MR) is 100 cm³/mol. The lowest BCUT2D eigenvalue weighted by molar-refractivity contribution is 0.201. The van der Waals surface area contributed by atoms with Crippen molar-refractivity contribution in [3.63, 3.8) is 0 Å². The zero-order valence-electron chi connectivity index (χ0n) is 13.9. The molecule has 5 heteroatoms. The SMILES string of the molecule is CCN(C(=O)N1CCN(c2cccc(Cl)c2)CC1)c1ccccc1. The number of para-hydroxylation sites is 1. The van der Waals surface area contributed by atoms with E-state index >= 15 is 0 Å². The van der Waals surface area contributed by atoms with Gasteiger partial charge >= 0.3 is 6.03 Å². The lowest BCUT2D eigenvalue weighted by Crippen LogP contribution is -2.53. The predicted octanol–water partition coefficient (Wildman–Crippen LogP) is 4.11. The Morgan fingerprint density at radius 1 is 1.04 bits per heavy atom. The van der Waals surface area contributed by atoms with Crippen LogP contribution in [0.5, 0.6) is 0 Å². The van der Waals surface area contributed by atoms with Crippen LogP contribution in [0.4, 0.5) is 16.2 Å². The average Bonchev–Trinajstić information content (AvgIpc) is 2.63. The summed E-state index contributed by atoms with van der Waals surface area (Å²) in [4.78, 5) is 18.9. The highest BCUT2D eigenvalue weighted by Crippen LogP contribution is 2.22.